The number of nitrogens with one attached hydrogen (secondary N) is 1. The van der Waals surface area contributed by atoms with Gasteiger partial charge in [0.1, 0.15) is 5.75 Å². The third kappa shape index (κ3) is 2.13. The molecular weight excluding hydrogens is 190 g/mol. The lowest BCUT2D eigenvalue weighted by atomic mass is 10.1. The molecule has 1 aliphatic rings. The molecule has 1 aromatic carbocycles. The third-order valence-electron chi connectivity index (χ3n) is 2.96. The lowest BCUT2D eigenvalue weighted by Gasteiger charge is -2.18. The molecule has 0 bridgehead atoms. The summed E-state index contributed by atoms with van der Waals surface area (Å²) in [6.07, 6.45) is 2.04. The first-order valence-electron chi connectivity index (χ1n) is 5.39. The molecule has 3 heteroatoms. The Kier molecular flexibility index (Phi) is 2.93. The first-order valence-corrected chi connectivity index (χ1v) is 5.39. The molecule has 15 heavy (non-hydrogen) atoms. The summed E-state index contributed by atoms with van der Waals surface area (Å²) in [6, 6.07) is 5.97. The van der Waals surface area contributed by atoms with Gasteiger partial charge in [-0.05, 0) is 43.0 Å². The van der Waals surface area contributed by atoms with Crippen LogP contribution in [0.4, 0.5) is 0 Å². The molecule has 0 spiro atoms. The molecule has 0 saturated carbocycles. The average Bonchev–Trinajstić information content (AvgIpc) is 2.60. The van der Waals surface area contributed by atoms with Gasteiger partial charge in [0.05, 0.1) is 6.61 Å². The maximum atomic E-state index is 9.35. The molecule has 0 radical (unpaired) electrons. The fraction of sp³-hybridized carbons (Fsp3) is 0.500. The third-order valence-corrected chi connectivity index (χ3v) is 2.96. The van der Waals surface area contributed by atoms with E-state index in [9.17, 15) is 5.11 Å². The minimum atomic E-state index is 0.120. The Morgan fingerprint density at radius 1 is 1.53 bits per heavy atom. The summed E-state index contributed by atoms with van der Waals surface area (Å²) in [5.74, 6) is 0.338. The SMILES string of the molecule is CC(CO)NC1CCc2cc(O)ccc21. The fourth-order valence-corrected chi connectivity index (χ4v) is 2.17. The number of aliphatic hydroxyl groups excluding tert-OH is 1. The van der Waals surface area contributed by atoms with Crippen molar-refractivity contribution in [2.75, 3.05) is 6.61 Å². The molecule has 0 saturated heterocycles. The van der Waals surface area contributed by atoms with Crippen molar-refractivity contribution in [1.82, 2.24) is 5.32 Å². The van der Waals surface area contributed by atoms with E-state index in [0.29, 0.717) is 11.8 Å². The number of hydrogen-bond acceptors (Lipinski definition) is 3. The van der Waals surface area contributed by atoms with Crippen molar-refractivity contribution in [1.29, 1.82) is 0 Å². The van der Waals surface area contributed by atoms with E-state index in [1.165, 1.54) is 11.1 Å². The van der Waals surface area contributed by atoms with Crippen molar-refractivity contribution in [3.05, 3.63) is 29.3 Å². The Balaban J connectivity index is 2.14. The molecule has 1 aliphatic carbocycles. The predicted octanol–water partition coefficient (Wildman–Crippen LogP) is 1.35. The van der Waals surface area contributed by atoms with Gasteiger partial charge in [-0.15, -0.1) is 0 Å². The van der Waals surface area contributed by atoms with E-state index in [-0.39, 0.29) is 12.6 Å². The summed E-state index contributed by atoms with van der Waals surface area (Å²) >= 11 is 0. The van der Waals surface area contributed by atoms with Crippen molar-refractivity contribution in [2.24, 2.45) is 0 Å². The maximum Gasteiger partial charge on any atom is 0.115 e. The molecule has 3 N–H and O–H groups in total. The number of fused-ring (bicyclic) bond motifs is 1. The molecule has 0 fully saturated rings. The van der Waals surface area contributed by atoms with E-state index in [1.807, 2.05) is 19.1 Å². The van der Waals surface area contributed by atoms with Crippen LogP contribution in [0.15, 0.2) is 18.2 Å². The Morgan fingerprint density at radius 3 is 3.07 bits per heavy atom. The van der Waals surface area contributed by atoms with E-state index in [4.69, 9.17) is 5.11 Å². The average molecular weight is 207 g/mol. The summed E-state index contributed by atoms with van der Waals surface area (Å²) in [7, 11) is 0. The van der Waals surface area contributed by atoms with E-state index < -0.39 is 0 Å². The van der Waals surface area contributed by atoms with Gasteiger partial charge < -0.3 is 15.5 Å². The van der Waals surface area contributed by atoms with Gasteiger partial charge in [-0.2, -0.15) is 0 Å². The predicted molar refractivity (Wildman–Crippen MR) is 58.9 cm³/mol. The zero-order valence-electron chi connectivity index (χ0n) is 8.90. The lowest BCUT2D eigenvalue weighted by Crippen LogP contribution is -2.32. The van der Waals surface area contributed by atoms with E-state index in [1.54, 1.807) is 6.07 Å². The van der Waals surface area contributed by atoms with Crippen LogP contribution in [0.25, 0.3) is 0 Å². The number of phenols is 1. The highest BCUT2D eigenvalue weighted by atomic mass is 16.3. The molecular formula is C12H17NO2. The van der Waals surface area contributed by atoms with Crippen molar-refractivity contribution in [3.63, 3.8) is 0 Å². The van der Waals surface area contributed by atoms with Crippen molar-refractivity contribution < 1.29 is 10.2 Å². The van der Waals surface area contributed by atoms with Crippen LogP contribution < -0.4 is 5.32 Å². The molecule has 2 atom stereocenters. The summed E-state index contributed by atoms with van der Waals surface area (Å²) in [4.78, 5) is 0. The van der Waals surface area contributed by atoms with Gasteiger partial charge >= 0.3 is 0 Å². The largest absolute Gasteiger partial charge is 0.508 e. The highest BCUT2D eigenvalue weighted by Gasteiger charge is 2.23. The summed E-state index contributed by atoms with van der Waals surface area (Å²) in [5.41, 5.74) is 2.48. The van der Waals surface area contributed by atoms with Crippen LogP contribution in [-0.2, 0) is 6.42 Å². The number of benzene rings is 1. The second-order valence-corrected chi connectivity index (χ2v) is 4.22. The summed E-state index contributed by atoms with van der Waals surface area (Å²) in [5, 5.41) is 21.7. The highest BCUT2D eigenvalue weighted by molar-refractivity contribution is 5.40. The normalized spacial score (nSPS) is 21.3. The van der Waals surface area contributed by atoms with Crippen LogP contribution in [-0.4, -0.2) is 22.9 Å². The van der Waals surface area contributed by atoms with Crippen molar-refractivity contribution in [3.8, 4) is 5.75 Å². The van der Waals surface area contributed by atoms with Gasteiger partial charge in [0.25, 0.3) is 0 Å². The van der Waals surface area contributed by atoms with Crippen molar-refractivity contribution in [2.45, 2.75) is 31.8 Å². The molecule has 2 rings (SSSR count). The van der Waals surface area contributed by atoms with E-state index in [2.05, 4.69) is 5.32 Å². The van der Waals surface area contributed by atoms with Gasteiger partial charge in [-0.3, -0.25) is 0 Å². The molecule has 82 valence electrons. The van der Waals surface area contributed by atoms with Crippen LogP contribution >= 0.6 is 0 Å². The lowest BCUT2D eigenvalue weighted by molar-refractivity contribution is 0.240. The number of rotatable bonds is 3. The van der Waals surface area contributed by atoms with Crippen LogP contribution in [0.3, 0.4) is 0 Å². The Bertz CT molecular complexity index is 351. The van der Waals surface area contributed by atoms with E-state index in [0.717, 1.165) is 12.8 Å². The second kappa shape index (κ2) is 4.21. The topological polar surface area (TPSA) is 52.5 Å². The van der Waals surface area contributed by atoms with E-state index >= 15 is 0 Å². The fourth-order valence-electron chi connectivity index (χ4n) is 2.17. The number of phenolic OH excluding ortho intramolecular Hbond substituents is 1. The van der Waals surface area contributed by atoms with Gasteiger partial charge in [-0.1, -0.05) is 6.07 Å². The minimum Gasteiger partial charge on any atom is -0.508 e. The van der Waals surface area contributed by atoms with Crippen LogP contribution in [0, 0.1) is 0 Å². The van der Waals surface area contributed by atoms with Gasteiger partial charge in [0.15, 0.2) is 0 Å². The number of aryl methyl sites for hydroxylation is 1. The number of aromatic hydroxyl groups is 1. The number of hydrogen-bond donors (Lipinski definition) is 3. The first-order chi connectivity index (χ1) is 7.20. The monoisotopic (exact) mass is 207 g/mol. The van der Waals surface area contributed by atoms with Crippen LogP contribution in [0.5, 0.6) is 5.75 Å². The number of aliphatic hydroxyl groups is 1. The zero-order valence-corrected chi connectivity index (χ0v) is 8.90. The standard InChI is InChI=1S/C12H17NO2/c1-8(7-14)13-12-5-2-9-6-10(15)3-4-11(9)12/h3-4,6,8,12-15H,2,5,7H2,1H3. The molecule has 1 aromatic rings. The Labute approximate surface area is 89.8 Å². The van der Waals surface area contributed by atoms with Gasteiger partial charge in [-0.25, -0.2) is 0 Å². The first kappa shape index (κ1) is 10.5. The highest BCUT2D eigenvalue weighted by Crippen LogP contribution is 2.33. The Hall–Kier alpha value is -1.06. The Morgan fingerprint density at radius 2 is 2.33 bits per heavy atom. The molecule has 0 aromatic heterocycles. The van der Waals surface area contributed by atoms with Crippen molar-refractivity contribution >= 4 is 0 Å². The molecule has 0 heterocycles. The maximum absolute atomic E-state index is 9.35. The molecule has 0 amide bonds. The molecule has 3 nitrogen and oxygen atoms in total. The molecule has 0 aliphatic heterocycles. The molecule has 2 unspecified atom stereocenters. The summed E-state index contributed by atoms with van der Waals surface area (Å²) < 4.78 is 0. The van der Waals surface area contributed by atoms with Crippen LogP contribution in [0.1, 0.15) is 30.5 Å². The smallest absolute Gasteiger partial charge is 0.115 e. The van der Waals surface area contributed by atoms with Crippen LogP contribution in [0.2, 0.25) is 0 Å². The summed E-state index contributed by atoms with van der Waals surface area (Å²) in [6.45, 7) is 2.13. The quantitative estimate of drug-likeness (QED) is 0.701. The van der Waals surface area contributed by atoms with Gasteiger partial charge in [0, 0.05) is 12.1 Å². The minimum absolute atomic E-state index is 0.120. The second-order valence-electron chi connectivity index (χ2n) is 4.22. The van der Waals surface area contributed by atoms with Gasteiger partial charge in [0.2, 0.25) is 0 Å². The zero-order chi connectivity index (χ0) is 10.8.